The number of rotatable bonds is 7. The molecule has 0 saturated carbocycles. The zero-order valence-corrected chi connectivity index (χ0v) is 11.5. The van der Waals surface area contributed by atoms with Crippen molar-refractivity contribution in [3.05, 3.63) is 17.5 Å². The van der Waals surface area contributed by atoms with Crippen molar-refractivity contribution in [3.63, 3.8) is 0 Å². The van der Waals surface area contributed by atoms with Crippen LogP contribution < -0.4 is 0 Å². The first-order chi connectivity index (χ1) is 7.96. The molecule has 5 nitrogen and oxygen atoms in total. The van der Waals surface area contributed by atoms with Gasteiger partial charge in [0.15, 0.2) is 12.6 Å². The van der Waals surface area contributed by atoms with Crippen molar-refractivity contribution in [3.8, 4) is 0 Å². The molecule has 0 amide bonds. The van der Waals surface area contributed by atoms with Gasteiger partial charge >= 0.3 is 0 Å². The fraction of sp³-hybridized carbons (Fsp3) is 0.545. The summed E-state index contributed by atoms with van der Waals surface area (Å²) in [6, 6.07) is 2.51. The van der Waals surface area contributed by atoms with Crippen LogP contribution in [0.3, 0.4) is 0 Å². The first-order valence-electron chi connectivity index (χ1n) is 5.52. The molecule has 0 aliphatic carbocycles. The lowest BCUT2D eigenvalue weighted by Gasteiger charge is -2.15. The van der Waals surface area contributed by atoms with Crippen molar-refractivity contribution in [2.45, 2.75) is 32.4 Å². The van der Waals surface area contributed by atoms with E-state index in [0.29, 0.717) is 24.9 Å². The van der Waals surface area contributed by atoms with Crippen LogP contribution in [0.5, 0.6) is 0 Å². The lowest BCUT2D eigenvalue weighted by molar-refractivity contribution is 0.0750. The predicted octanol–water partition coefficient (Wildman–Crippen LogP) is 1.82. The molecule has 94 valence electrons. The summed E-state index contributed by atoms with van der Waals surface area (Å²) in [4.78, 5) is 21.2. The lowest BCUT2D eigenvalue weighted by Crippen LogP contribution is -2.22. The van der Waals surface area contributed by atoms with E-state index < -0.39 is 8.07 Å². The van der Waals surface area contributed by atoms with Gasteiger partial charge in [-0.3, -0.25) is 9.59 Å². The molecule has 0 aliphatic heterocycles. The topological polar surface area (TPSA) is 61.2 Å². The Balaban J connectivity index is 2.48. The molecule has 0 N–H and O–H groups in total. The maximum atomic E-state index is 10.7. The highest BCUT2D eigenvalue weighted by molar-refractivity contribution is 6.76. The summed E-state index contributed by atoms with van der Waals surface area (Å²) in [5.74, 6) is 0. The van der Waals surface area contributed by atoms with E-state index in [9.17, 15) is 9.59 Å². The van der Waals surface area contributed by atoms with Crippen molar-refractivity contribution in [2.24, 2.45) is 0 Å². The molecule has 0 saturated heterocycles. The van der Waals surface area contributed by atoms with E-state index in [-0.39, 0.29) is 12.4 Å². The van der Waals surface area contributed by atoms with Gasteiger partial charge in [0, 0.05) is 14.7 Å². The average molecular weight is 254 g/mol. The third kappa shape index (κ3) is 4.62. The molecule has 0 atom stereocenters. The number of carbonyl (C=O) groups is 2. The summed E-state index contributed by atoms with van der Waals surface area (Å²) in [5, 5.41) is 3.94. The summed E-state index contributed by atoms with van der Waals surface area (Å²) in [6.07, 6.45) is 1.29. The van der Waals surface area contributed by atoms with Crippen molar-refractivity contribution in [1.29, 1.82) is 0 Å². The lowest BCUT2D eigenvalue weighted by atomic mass is 10.4. The van der Waals surface area contributed by atoms with Crippen LogP contribution in [0.25, 0.3) is 0 Å². The molecule has 1 aromatic rings. The standard InChI is InChI=1S/C11H18N2O3Si/c1-17(2,3)5-4-16-9-13-11(8-15)6-10(7-14)12-13/h6-8H,4-5,9H2,1-3H3. The molecular weight excluding hydrogens is 236 g/mol. The van der Waals surface area contributed by atoms with E-state index in [1.54, 1.807) is 0 Å². The summed E-state index contributed by atoms with van der Waals surface area (Å²) in [6.45, 7) is 7.68. The maximum Gasteiger partial charge on any atom is 0.170 e. The number of carbonyl (C=O) groups excluding carboxylic acids is 2. The van der Waals surface area contributed by atoms with Crippen LogP contribution in [0.2, 0.25) is 25.7 Å². The largest absolute Gasteiger partial charge is 0.360 e. The van der Waals surface area contributed by atoms with E-state index in [1.807, 2.05) is 0 Å². The molecule has 0 spiro atoms. The number of aromatic nitrogens is 2. The number of aldehydes is 2. The van der Waals surface area contributed by atoms with Gasteiger partial charge in [-0.2, -0.15) is 5.10 Å². The van der Waals surface area contributed by atoms with E-state index in [0.717, 1.165) is 6.04 Å². The normalized spacial score (nSPS) is 11.5. The molecule has 0 aromatic carbocycles. The quantitative estimate of drug-likeness (QED) is 0.423. The fourth-order valence-corrected chi connectivity index (χ4v) is 1.99. The molecule has 0 unspecified atom stereocenters. The van der Waals surface area contributed by atoms with Gasteiger partial charge in [0.2, 0.25) is 0 Å². The second-order valence-corrected chi connectivity index (χ2v) is 10.7. The van der Waals surface area contributed by atoms with Gasteiger partial charge in [-0.1, -0.05) is 19.6 Å². The molecule has 0 radical (unpaired) electrons. The number of nitrogens with zero attached hydrogens (tertiary/aromatic N) is 2. The predicted molar refractivity (Wildman–Crippen MR) is 67.1 cm³/mol. The Hall–Kier alpha value is -1.27. The van der Waals surface area contributed by atoms with Gasteiger partial charge in [0.1, 0.15) is 18.1 Å². The van der Waals surface area contributed by atoms with Crippen molar-refractivity contribution < 1.29 is 14.3 Å². The Kier molecular flexibility index (Phi) is 4.77. The van der Waals surface area contributed by atoms with Gasteiger partial charge in [0.25, 0.3) is 0 Å². The summed E-state index contributed by atoms with van der Waals surface area (Å²) in [7, 11) is -1.10. The average Bonchev–Trinajstić information content (AvgIpc) is 2.65. The first kappa shape index (κ1) is 13.8. The Morgan fingerprint density at radius 2 is 2.06 bits per heavy atom. The molecule has 1 rings (SSSR count). The monoisotopic (exact) mass is 254 g/mol. The molecule has 0 fully saturated rings. The van der Waals surface area contributed by atoms with Gasteiger partial charge in [-0.25, -0.2) is 4.68 Å². The van der Waals surface area contributed by atoms with E-state index in [2.05, 4.69) is 24.7 Å². The minimum Gasteiger partial charge on any atom is -0.360 e. The van der Waals surface area contributed by atoms with Gasteiger partial charge in [0.05, 0.1) is 0 Å². The smallest absolute Gasteiger partial charge is 0.170 e. The Morgan fingerprint density at radius 3 is 2.59 bits per heavy atom. The molecule has 0 bridgehead atoms. The molecule has 1 aromatic heterocycles. The molecule has 1 heterocycles. The molecule has 0 aliphatic rings. The van der Waals surface area contributed by atoms with Crippen molar-refractivity contribution >= 4 is 20.6 Å². The minimum atomic E-state index is -1.10. The van der Waals surface area contributed by atoms with Crippen LogP contribution in [-0.2, 0) is 11.5 Å². The maximum absolute atomic E-state index is 10.7. The van der Waals surface area contributed by atoms with Gasteiger partial charge in [-0.05, 0) is 12.1 Å². The summed E-state index contributed by atoms with van der Waals surface area (Å²) >= 11 is 0. The van der Waals surface area contributed by atoms with E-state index in [1.165, 1.54) is 10.7 Å². The zero-order chi connectivity index (χ0) is 12.9. The van der Waals surface area contributed by atoms with Gasteiger partial charge < -0.3 is 4.74 Å². The second-order valence-electron chi connectivity index (χ2n) is 5.08. The van der Waals surface area contributed by atoms with Gasteiger partial charge in [-0.15, -0.1) is 0 Å². The van der Waals surface area contributed by atoms with E-state index in [4.69, 9.17) is 4.74 Å². The second kappa shape index (κ2) is 5.88. The van der Waals surface area contributed by atoms with Crippen LogP contribution in [0.15, 0.2) is 6.07 Å². The highest BCUT2D eigenvalue weighted by Crippen LogP contribution is 2.08. The highest BCUT2D eigenvalue weighted by atomic mass is 28.3. The fourth-order valence-electron chi connectivity index (χ4n) is 1.24. The highest BCUT2D eigenvalue weighted by Gasteiger charge is 2.12. The number of hydrogen-bond acceptors (Lipinski definition) is 4. The SMILES string of the molecule is C[Si](C)(C)CCOCn1nc(C=O)cc1C=O. The summed E-state index contributed by atoms with van der Waals surface area (Å²) in [5.41, 5.74) is 0.612. The Labute approximate surface area is 102 Å². The third-order valence-corrected chi connectivity index (χ3v) is 3.99. The minimum absolute atomic E-state index is 0.215. The van der Waals surface area contributed by atoms with Crippen LogP contribution in [0.4, 0.5) is 0 Å². The zero-order valence-electron chi connectivity index (χ0n) is 10.5. The molecular formula is C11H18N2O3Si. The van der Waals surface area contributed by atoms with Crippen LogP contribution in [-0.4, -0.2) is 37.0 Å². The van der Waals surface area contributed by atoms with Crippen LogP contribution in [0.1, 0.15) is 21.0 Å². The van der Waals surface area contributed by atoms with Crippen LogP contribution in [0, 0.1) is 0 Å². The van der Waals surface area contributed by atoms with Crippen LogP contribution >= 0.6 is 0 Å². The third-order valence-electron chi connectivity index (χ3n) is 2.28. The Morgan fingerprint density at radius 1 is 1.35 bits per heavy atom. The Bertz CT molecular complexity index is 396. The summed E-state index contributed by atoms with van der Waals surface area (Å²) < 4.78 is 6.86. The van der Waals surface area contributed by atoms with Crippen molar-refractivity contribution in [1.82, 2.24) is 9.78 Å². The van der Waals surface area contributed by atoms with E-state index >= 15 is 0 Å². The van der Waals surface area contributed by atoms with Crippen molar-refractivity contribution in [2.75, 3.05) is 6.61 Å². The molecule has 6 heteroatoms. The molecule has 17 heavy (non-hydrogen) atoms. The number of hydrogen-bond donors (Lipinski definition) is 0. The number of ether oxygens (including phenoxy) is 1. The first-order valence-corrected chi connectivity index (χ1v) is 9.23.